The fourth-order valence-electron chi connectivity index (χ4n) is 2.01. The van der Waals surface area contributed by atoms with Crippen LogP contribution in [0.3, 0.4) is 0 Å². The number of aryl methyl sites for hydroxylation is 1. The predicted molar refractivity (Wildman–Crippen MR) is 85.7 cm³/mol. The molecule has 0 saturated carbocycles. The second kappa shape index (κ2) is 7.07. The standard InChI is InChI=1S/C15H17ClN2O3S/c1-2-3-9-18-10-8-17-14(15(18)19)22(20,21)11-12-4-6-13(16)7-5-12/h4-8,10H,2-3,9,11H2,1H3. The van der Waals surface area contributed by atoms with E-state index in [4.69, 9.17) is 11.6 Å². The Morgan fingerprint density at radius 2 is 1.91 bits per heavy atom. The molecule has 0 aliphatic rings. The molecule has 22 heavy (non-hydrogen) atoms. The van der Waals surface area contributed by atoms with Crippen LogP contribution < -0.4 is 5.56 Å². The van der Waals surface area contributed by atoms with Crippen LogP contribution in [-0.2, 0) is 22.1 Å². The van der Waals surface area contributed by atoms with E-state index in [2.05, 4.69) is 4.98 Å². The van der Waals surface area contributed by atoms with Crippen molar-refractivity contribution in [2.45, 2.75) is 37.1 Å². The van der Waals surface area contributed by atoms with E-state index in [1.54, 1.807) is 24.3 Å². The van der Waals surface area contributed by atoms with E-state index < -0.39 is 20.4 Å². The van der Waals surface area contributed by atoms with Crippen molar-refractivity contribution >= 4 is 21.4 Å². The molecule has 0 amide bonds. The molecule has 0 unspecified atom stereocenters. The first kappa shape index (κ1) is 16.7. The smallest absolute Gasteiger partial charge is 0.288 e. The molecular weight excluding hydrogens is 324 g/mol. The van der Waals surface area contributed by atoms with E-state index >= 15 is 0 Å². The third kappa shape index (κ3) is 3.96. The highest BCUT2D eigenvalue weighted by Crippen LogP contribution is 2.14. The van der Waals surface area contributed by atoms with Crippen LogP contribution in [0.2, 0.25) is 5.02 Å². The van der Waals surface area contributed by atoms with Crippen molar-refractivity contribution in [1.29, 1.82) is 0 Å². The zero-order valence-corrected chi connectivity index (χ0v) is 13.8. The van der Waals surface area contributed by atoms with Gasteiger partial charge in [0.15, 0.2) is 0 Å². The molecule has 2 rings (SSSR count). The molecule has 0 atom stereocenters. The lowest BCUT2D eigenvalue weighted by Gasteiger charge is -2.07. The van der Waals surface area contributed by atoms with Crippen LogP contribution in [0.25, 0.3) is 0 Å². The molecular formula is C15H17ClN2O3S. The van der Waals surface area contributed by atoms with Crippen molar-refractivity contribution in [1.82, 2.24) is 9.55 Å². The molecule has 0 aliphatic carbocycles. The number of unbranched alkanes of at least 4 members (excludes halogenated alkanes) is 1. The Morgan fingerprint density at radius 3 is 2.55 bits per heavy atom. The summed E-state index contributed by atoms with van der Waals surface area (Å²) in [7, 11) is -3.79. The summed E-state index contributed by atoms with van der Waals surface area (Å²) in [5.41, 5.74) is -0.000486. The van der Waals surface area contributed by atoms with E-state index in [0.717, 1.165) is 12.8 Å². The number of aromatic nitrogens is 2. The molecule has 0 spiro atoms. The first-order chi connectivity index (χ1) is 10.4. The van der Waals surface area contributed by atoms with Gasteiger partial charge in [0.1, 0.15) is 0 Å². The van der Waals surface area contributed by atoms with Crippen molar-refractivity contribution in [3.63, 3.8) is 0 Å². The summed E-state index contributed by atoms with van der Waals surface area (Å²) in [5, 5.41) is 0.127. The lowest BCUT2D eigenvalue weighted by Crippen LogP contribution is -2.27. The highest BCUT2D eigenvalue weighted by molar-refractivity contribution is 7.90. The predicted octanol–water partition coefficient (Wildman–Crippen LogP) is 2.67. The summed E-state index contributed by atoms with van der Waals surface area (Å²) >= 11 is 5.78. The van der Waals surface area contributed by atoms with Gasteiger partial charge < -0.3 is 4.57 Å². The molecule has 7 heteroatoms. The summed E-state index contributed by atoms with van der Waals surface area (Å²) < 4.78 is 26.2. The van der Waals surface area contributed by atoms with E-state index in [1.807, 2.05) is 6.92 Å². The van der Waals surface area contributed by atoms with Gasteiger partial charge in [-0.25, -0.2) is 13.4 Å². The van der Waals surface area contributed by atoms with Gasteiger partial charge in [-0.05, 0) is 24.1 Å². The van der Waals surface area contributed by atoms with Crippen molar-refractivity contribution in [3.05, 3.63) is 57.6 Å². The average Bonchev–Trinajstić information content (AvgIpc) is 2.48. The molecule has 2 aromatic rings. The molecule has 1 aromatic carbocycles. The quantitative estimate of drug-likeness (QED) is 0.810. The van der Waals surface area contributed by atoms with Crippen LogP contribution in [0.1, 0.15) is 25.3 Å². The molecule has 1 heterocycles. The minimum atomic E-state index is -3.79. The summed E-state index contributed by atoms with van der Waals surface area (Å²) in [4.78, 5) is 16.1. The van der Waals surface area contributed by atoms with Gasteiger partial charge in [0.2, 0.25) is 14.9 Å². The second-order valence-electron chi connectivity index (χ2n) is 4.97. The average molecular weight is 341 g/mol. The van der Waals surface area contributed by atoms with Gasteiger partial charge in [-0.1, -0.05) is 37.1 Å². The molecule has 0 aliphatic heterocycles. The van der Waals surface area contributed by atoms with Crippen LogP contribution in [0.15, 0.2) is 46.5 Å². The Bertz CT molecular complexity index is 798. The number of hydrogen-bond donors (Lipinski definition) is 0. The number of halogens is 1. The van der Waals surface area contributed by atoms with E-state index in [-0.39, 0.29) is 5.75 Å². The molecule has 0 N–H and O–H groups in total. The van der Waals surface area contributed by atoms with Gasteiger partial charge >= 0.3 is 0 Å². The highest BCUT2D eigenvalue weighted by atomic mass is 35.5. The number of benzene rings is 1. The SMILES string of the molecule is CCCCn1ccnc(S(=O)(=O)Cc2ccc(Cl)cc2)c1=O. The van der Waals surface area contributed by atoms with E-state index in [0.29, 0.717) is 17.1 Å². The topological polar surface area (TPSA) is 69.0 Å². The molecule has 1 aromatic heterocycles. The van der Waals surface area contributed by atoms with E-state index in [9.17, 15) is 13.2 Å². The number of hydrogen-bond acceptors (Lipinski definition) is 4. The van der Waals surface area contributed by atoms with Gasteiger partial charge in [0.05, 0.1) is 5.75 Å². The number of rotatable bonds is 6. The van der Waals surface area contributed by atoms with Crippen LogP contribution in [0, 0.1) is 0 Å². The van der Waals surface area contributed by atoms with Gasteiger partial charge in [-0.2, -0.15) is 0 Å². The summed E-state index contributed by atoms with van der Waals surface area (Å²) in [6, 6.07) is 6.48. The molecule has 5 nitrogen and oxygen atoms in total. The van der Waals surface area contributed by atoms with Gasteiger partial charge in [0, 0.05) is 24.0 Å². The normalized spacial score (nSPS) is 11.5. The second-order valence-corrected chi connectivity index (χ2v) is 7.31. The van der Waals surface area contributed by atoms with Crippen LogP contribution >= 0.6 is 11.6 Å². The lowest BCUT2D eigenvalue weighted by atomic mass is 10.2. The fraction of sp³-hybridized carbons (Fsp3) is 0.333. The fourth-order valence-corrected chi connectivity index (χ4v) is 3.51. The van der Waals surface area contributed by atoms with Crippen molar-refractivity contribution in [2.75, 3.05) is 0 Å². The Hall–Kier alpha value is -1.66. The minimum Gasteiger partial charge on any atom is -0.312 e. The zero-order valence-electron chi connectivity index (χ0n) is 12.2. The molecule has 0 saturated heterocycles. The van der Waals surface area contributed by atoms with Gasteiger partial charge in [-0.3, -0.25) is 4.79 Å². The van der Waals surface area contributed by atoms with Crippen molar-refractivity contribution in [3.8, 4) is 0 Å². The maximum atomic E-state index is 12.4. The maximum Gasteiger partial charge on any atom is 0.288 e. The van der Waals surface area contributed by atoms with E-state index in [1.165, 1.54) is 17.0 Å². The van der Waals surface area contributed by atoms with Crippen LogP contribution in [0.5, 0.6) is 0 Å². The van der Waals surface area contributed by atoms with Gasteiger partial charge in [-0.15, -0.1) is 0 Å². The lowest BCUT2D eigenvalue weighted by molar-refractivity contribution is 0.570. The third-order valence-electron chi connectivity index (χ3n) is 3.20. The minimum absolute atomic E-state index is 0.274. The Morgan fingerprint density at radius 1 is 1.23 bits per heavy atom. The molecule has 0 bridgehead atoms. The monoisotopic (exact) mass is 340 g/mol. The van der Waals surface area contributed by atoms with Crippen molar-refractivity contribution < 1.29 is 8.42 Å². The number of nitrogens with zero attached hydrogens (tertiary/aromatic N) is 2. The van der Waals surface area contributed by atoms with Gasteiger partial charge in [0.25, 0.3) is 5.56 Å². The number of sulfone groups is 1. The third-order valence-corrected chi connectivity index (χ3v) is 5.03. The first-order valence-electron chi connectivity index (χ1n) is 6.96. The molecule has 0 fully saturated rings. The first-order valence-corrected chi connectivity index (χ1v) is 8.99. The molecule has 118 valence electrons. The maximum absolute atomic E-state index is 12.4. The molecule has 0 radical (unpaired) electrons. The summed E-state index contributed by atoms with van der Waals surface area (Å²) in [6.45, 7) is 2.49. The van der Waals surface area contributed by atoms with Crippen LogP contribution in [-0.4, -0.2) is 18.0 Å². The van der Waals surface area contributed by atoms with Crippen molar-refractivity contribution in [2.24, 2.45) is 0 Å². The highest BCUT2D eigenvalue weighted by Gasteiger charge is 2.22. The Kier molecular flexibility index (Phi) is 5.37. The summed E-state index contributed by atoms with van der Waals surface area (Å²) in [5.74, 6) is -0.274. The summed E-state index contributed by atoms with van der Waals surface area (Å²) in [6.07, 6.45) is 4.59. The largest absolute Gasteiger partial charge is 0.312 e. The zero-order chi connectivity index (χ0) is 16.2. The Labute approximate surface area is 134 Å². The van der Waals surface area contributed by atoms with Crippen LogP contribution in [0.4, 0.5) is 0 Å². The Balaban J connectivity index is 2.33.